The molecule has 1 saturated heterocycles. The van der Waals surface area contributed by atoms with Gasteiger partial charge in [-0.2, -0.15) is 0 Å². The number of nitrogens with zero attached hydrogens (tertiary/aromatic N) is 1. The van der Waals surface area contributed by atoms with Crippen molar-refractivity contribution < 1.29 is 4.79 Å². The van der Waals surface area contributed by atoms with Gasteiger partial charge in [-0.05, 0) is 50.5 Å². The number of amides is 1. The van der Waals surface area contributed by atoms with Gasteiger partial charge >= 0.3 is 0 Å². The monoisotopic (exact) mass is 232 g/mol. The minimum atomic E-state index is 0.167. The third-order valence-electron chi connectivity index (χ3n) is 3.48. The van der Waals surface area contributed by atoms with E-state index in [0.717, 1.165) is 30.6 Å². The Morgan fingerprint density at radius 1 is 1.29 bits per heavy atom. The van der Waals surface area contributed by atoms with Crippen LogP contribution in [0.1, 0.15) is 36.5 Å². The summed E-state index contributed by atoms with van der Waals surface area (Å²) in [5.41, 5.74) is 1.82. The Balaban J connectivity index is 2.12. The number of anilines is 1. The maximum atomic E-state index is 12.3. The normalized spacial score (nSPS) is 20.1. The molecule has 1 aliphatic heterocycles. The van der Waals surface area contributed by atoms with Gasteiger partial charge < -0.3 is 10.2 Å². The largest absolute Gasteiger partial charge is 0.388 e. The zero-order valence-electron chi connectivity index (χ0n) is 10.6. The molecular weight excluding hydrogens is 212 g/mol. The molecule has 17 heavy (non-hydrogen) atoms. The van der Waals surface area contributed by atoms with E-state index in [4.69, 9.17) is 0 Å². The summed E-state index contributed by atoms with van der Waals surface area (Å²) in [6.45, 7) is 3.03. The average molecular weight is 232 g/mol. The summed E-state index contributed by atoms with van der Waals surface area (Å²) in [4.78, 5) is 14.3. The lowest BCUT2D eigenvalue weighted by atomic mass is 10.0. The molecule has 1 aromatic rings. The van der Waals surface area contributed by atoms with Crippen molar-refractivity contribution in [2.75, 3.05) is 18.9 Å². The van der Waals surface area contributed by atoms with E-state index in [2.05, 4.69) is 12.2 Å². The Morgan fingerprint density at radius 2 is 2.00 bits per heavy atom. The predicted molar refractivity (Wildman–Crippen MR) is 70.3 cm³/mol. The van der Waals surface area contributed by atoms with Crippen molar-refractivity contribution >= 4 is 11.6 Å². The first-order valence-electron chi connectivity index (χ1n) is 6.31. The molecule has 0 aromatic heterocycles. The summed E-state index contributed by atoms with van der Waals surface area (Å²) in [6.07, 6.45) is 3.49. The van der Waals surface area contributed by atoms with Crippen LogP contribution in [-0.4, -0.2) is 30.4 Å². The Kier molecular flexibility index (Phi) is 3.67. The number of carbonyl (C=O) groups excluding carboxylic acids is 1. The topological polar surface area (TPSA) is 32.3 Å². The Morgan fingerprint density at radius 3 is 2.59 bits per heavy atom. The molecule has 2 rings (SSSR count). The molecule has 1 aromatic carbocycles. The highest BCUT2D eigenvalue weighted by molar-refractivity contribution is 5.94. The van der Waals surface area contributed by atoms with Gasteiger partial charge in [0.05, 0.1) is 0 Å². The molecule has 0 spiro atoms. The Bertz CT molecular complexity index is 386. The minimum Gasteiger partial charge on any atom is -0.388 e. The first-order valence-corrected chi connectivity index (χ1v) is 6.31. The van der Waals surface area contributed by atoms with E-state index in [9.17, 15) is 4.79 Å². The number of nitrogens with one attached hydrogen (secondary N) is 1. The zero-order valence-corrected chi connectivity index (χ0v) is 10.6. The molecule has 3 heteroatoms. The molecule has 1 heterocycles. The molecule has 3 nitrogen and oxygen atoms in total. The molecule has 1 fully saturated rings. The first-order chi connectivity index (χ1) is 8.22. The van der Waals surface area contributed by atoms with Gasteiger partial charge in [-0.1, -0.05) is 0 Å². The first kappa shape index (κ1) is 12.0. The fraction of sp³-hybridized carbons (Fsp3) is 0.500. The lowest BCUT2D eigenvalue weighted by Gasteiger charge is -2.33. The van der Waals surface area contributed by atoms with Crippen molar-refractivity contribution in [3.63, 3.8) is 0 Å². The molecule has 1 atom stereocenters. The van der Waals surface area contributed by atoms with Crippen LogP contribution < -0.4 is 5.32 Å². The van der Waals surface area contributed by atoms with Gasteiger partial charge in [-0.25, -0.2) is 0 Å². The van der Waals surface area contributed by atoms with E-state index in [1.54, 1.807) is 0 Å². The van der Waals surface area contributed by atoms with Crippen LogP contribution in [0.5, 0.6) is 0 Å². The number of rotatable bonds is 2. The van der Waals surface area contributed by atoms with Crippen LogP contribution >= 0.6 is 0 Å². The maximum absolute atomic E-state index is 12.3. The van der Waals surface area contributed by atoms with Crippen LogP contribution in [-0.2, 0) is 0 Å². The van der Waals surface area contributed by atoms with E-state index in [-0.39, 0.29) is 5.91 Å². The predicted octanol–water partition coefficient (Wildman–Crippen LogP) is 2.74. The van der Waals surface area contributed by atoms with Gasteiger partial charge in [0, 0.05) is 30.9 Å². The van der Waals surface area contributed by atoms with E-state index >= 15 is 0 Å². The molecular formula is C14H20N2O. The molecule has 0 radical (unpaired) electrons. The van der Waals surface area contributed by atoms with Crippen molar-refractivity contribution in [2.24, 2.45) is 0 Å². The van der Waals surface area contributed by atoms with Crippen molar-refractivity contribution in [1.82, 2.24) is 4.90 Å². The molecule has 0 aliphatic carbocycles. The average Bonchev–Trinajstić information content (AvgIpc) is 2.39. The summed E-state index contributed by atoms with van der Waals surface area (Å²) in [6, 6.07) is 8.06. The maximum Gasteiger partial charge on any atom is 0.254 e. The highest BCUT2D eigenvalue weighted by Crippen LogP contribution is 2.19. The lowest BCUT2D eigenvalue weighted by Crippen LogP contribution is -2.41. The molecule has 1 unspecified atom stereocenters. The summed E-state index contributed by atoms with van der Waals surface area (Å²) < 4.78 is 0. The van der Waals surface area contributed by atoms with Gasteiger partial charge in [-0.15, -0.1) is 0 Å². The molecule has 92 valence electrons. The zero-order chi connectivity index (χ0) is 12.3. The van der Waals surface area contributed by atoms with Crippen molar-refractivity contribution in [3.05, 3.63) is 29.8 Å². The van der Waals surface area contributed by atoms with Gasteiger partial charge in [0.2, 0.25) is 0 Å². The Labute approximate surface area is 103 Å². The van der Waals surface area contributed by atoms with Gasteiger partial charge in [0.15, 0.2) is 0 Å². The van der Waals surface area contributed by atoms with Crippen molar-refractivity contribution in [2.45, 2.75) is 32.2 Å². The van der Waals surface area contributed by atoms with Gasteiger partial charge in [-0.3, -0.25) is 4.79 Å². The van der Waals surface area contributed by atoms with Crippen molar-refractivity contribution in [3.8, 4) is 0 Å². The van der Waals surface area contributed by atoms with Crippen molar-refractivity contribution in [1.29, 1.82) is 0 Å². The summed E-state index contributed by atoms with van der Waals surface area (Å²) in [5.74, 6) is 0.167. The number of benzene rings is 1. The van der Waals surface area contributed by atoms with E-state index in [1.165, 1.54) is 6.42 Å². The number of hydrogen-bond donors (Lipinski definition) is 1. The SMILES string of the molecule is CNc1ccc(C(=O)N2CCCCC2C)cc1. The second-order valence-corrected chi connectivity index (χ2v) is 4.67. The number of hydrogen-bond acceptors (Lipinski definition) is 2. The van der Waals surface area contributed by atoms with Crippen LogP contribution in [0.3, 0.4) is 0 Å². The van der Waals surface area contributed by atoms with Crippen LogP contribution in [0.2, 0.25) is 0 Å². The number of likely N-dealkylation sites (tertiary alicyclic amines) is 1. The smallest absolute Gasteiger partial charge is 0.254 e. The van der Waals surface area contributed by atoms with E-state index < -0.39 is 0 Å². The van der Waals surface area contributed by atoms with E-state index in [1.807, 2.05) is 36.2 Å². The van der Waals surface area contributed by atoms with Gasteiger partial charge in [0.25, 0.3) is 5.91 Å². The third kappa shape index (κ3) is 2.60. The summed E-state index contributed by atoms with van der Waals surface area (Å²) >= 11 is 0. The summed E-state index contributed by atoms with van der Waals surface area (Å²) in [7, 11) is 1.88. The molecule has 1 amide bonds. The summed E-state index contributed by atoms with van der Waals surface area (Å²) in [5, 5.41) is 3.06. The number of carbonyl (C=O) groups is 1. The quantitative estimate of drug-likeness (QED) is 0.850. The Hall–Kier alpha value is -1.51. The fourth-order valence-electron chi connectivity index (χ4n) is 2.35. The lowest BCUT2D eigenvalue weighted by molar-refractivity contribution is 0.0635. The van der Waals surface area contributed by atoms with E-state index in [0.29, 0.717) is 6.04 Å². The second-order valence-electron chi connectivity index (χ2n) is 4.67. The second kappa shape index (κ2) is 5.21. The molecule has 0 bridgehead atoms. The van der Waals surface area contributed by atoms with Crippen LogP contribution in [0.15, 0.2) is 24.3 Å². The minimum absolute atomic E-state index is 0.167. The fourth-order valence-corrected chi connectivity index (χ4v) is 2.35. The standard InChI is InChI=1S/C14H20N2O/c1-11-5-3-4-10-16(11)14(17)12-6-8-13(15-2)9-7-12/h6-9,11,15H,3-5,10H2,1-2H3. The van der Waals surface area contributed by atoms with Crippen LogP contribution in [0, 0.1) is 0 Å². The molecule has 0 saturated carbocycles. The van der Waals surface area contributed by atoms with Crippen LogP contribution in [0.4, 0.5) is 5.69 Å². The highest BCUT2D eigenvalue weighted by Gasteiger charge is 2.23. The molecule has 1 aliphatic rings. The third-order valence-corrected chi connectivity index (χ3v) is 3.48. The number of piperidine rings is 1. The van der Waals surface area contributed by atoms with Gasteiger partial charge in [0.1, 0.15) is 0 Å². The van der Waals surface area contributed by atoms with Crippen LogP contribution in [0.25, 0.3) is 0 Å². The highest BCUT2D eigenvalue weighted by atomic mass is 16.2. The molecule has 1 N–H and O–H groups in total.